The standard InChI is InChI=1S/C10H22N2O2/c1-3-4-5-10(14)12-7-6-11-8-9(2)13/h9,11,13H,3-8H2,1-2H3,(H,12,14). The average Bonchev–Trinajstić information content (AvgIpc) is 2.13. The highest BCUT2D eigenvalue weighted by atomic mass is 16.3. The zero-order valence-electron chi connectivity index (χ0n) is 9.18. The van der Waals surface area contributed by atoms with Crippen molar-refractivity contribution in [2.24, 2.45) is 0 Å². The molecule has 0 saturated carbocycles. The fourth-order valence-electron chi connectivity index (χ4n) is 1.03. The summed E-state index contributed by atoms with van der Waals surface area (Å²) in [6.07, 6.45) is 2.29. The minimum atomic E-state index is -0.328. The number of hydrogen-bond donors (Lipinski definition) is 3. The summed E-state index contributed by atoms with van der Waals surface area (Å²) in [6.45, 7) is 5.72. The molecule has 84 valence electrons. The van der Waals surface area contributed by atoms with E-state index in [1.54, 1.807) is 6.92 Å². The molecule has 0 aliphatic heterocycles. The van der Waals surface area contributed by atoms with E-state index in [0.29, 0.717) is 26.1 Å². The van der Waals surface area contributed by atoms with Crippen LogP contribution in [0.15, 0.2) is 0 Å². The normalized spacial score (nSPS) is 12.5. The zero-order valence-corrected chi connectivity index (χ0v) is 9.18. The van der Waals surface area contributed by atoms with E-state index < -0.39 is 0 Å². The predicted molar refractivity (Wildman–Crippen MR) is 57.1 cm³/mol. The molecule has 0 heterocycles. The molecule has 0 aromatic heterocycles. The minimum Gasteiger partial charge on any atom is -0.392 e. The Kier molecular flexibility index (Phi) is 8.57. The first-order valence-electron chi connectivity index (χ1n) is 5.32. The van der Waals surface area contributed by atoms with Crippen LogP contribution in [0.3, 0.4) is 0 Å². The first-order chi connectivity index (χ1) is 6.66. The topological polar surface area (TPSA) is 61.4 Å². The summed E-state index contributed by atoms with van der Waals surface area (Å²) in [6, 6.07) is 0. The lowest BCUT2D eigenvalue weighted by molar-refractivity contribution is -0.121. The van der Waals surface area contributed by atoms with Crippen LogP contribution in [0.25, 0.3) is 0 Å². The highest BCUT2D eigenvalue weighted by molar-refractivity contribution is 5.75. The quantitative estimate of drug-likeness (QED) is 0.495. The summed E-state index contributed by atoms with van der Waals surface area (Å²) in [5.41, 5.74) is 0. The van der Waals surface area contributed by atoms with E-state index in [2.05, 4.69) is 17.6 Å². The Labute approximate surface area is 86.1 Å². The Hall–Kier alpha value is -0.610. The molecular weight excluding hydrogens is 180 g/mol. The summed E-state index contributed by atoms with van der Waals surface area (Å²) in [5, 5.41) is 14.8. The van der Waals surface area contributed by atoms with Crippen LogP contribution in [-0.4, -0.2) is 36.8 Å². The Morgan fingerprint density at radius 3 is 2.71 bits per heavy atom. The van der Waals surface area contributed by atoms with E-state index >= 15 is 0 Å². The third kappa shape index (κ3) is 9.48. The van der Waals surface area contributed by atoms with Gasteiger partial charge in [-0.3, -0.25) is 4.79 Å². The number of hydrogen-bond acceptors (Lipinski definition) is 3. The molecule has 3 N–H and O–H groups in total. The lowest BCUT2D eigenvalue weighted by Gasteiger charge is -2.07. The van der Waals surface area contributed by atoms with Crippen LogP contribution in [0.4, 0.5) is 0 Å². The second-order valence-electron chi connectivity index (χ2n) is 3.51. The van der Waals surface area contributed by atoms with E-state index in [1.165, 1.54) is 0 Å². The smallest absolute Gasteiger partial charge is 0.220 e. The molecular formula is C10H22N2O2. The number of aliphatic hydroxyl groups excluding tert-OH is 1. The third-order valence-corrected chi connectivity index (χ3v) is 1.82. The fourth-order valence-corrected chi connectivity index (χ4v) is 1.03. The van der Waals surface area contributed by atoms with Crippen molar-refractivity contribution < 1.29 is 9.90 Å². The molecule has 4 nitrogen and oxygen atoms in total. The van der Waals surface area contributed by atoms with Crippen LogP contribution >= 0.6 is 0 Å². The monoisotopic (exact) mass is 202 g/mol. The molecule has 0 spiro atoms. The van der Waals surface area contributed by atoms with Gasteiger partial charge in [0.2, 0.25) is 5.91 Å². The van der Waals surface area contributed by atoms with Crippen molar-refractivity contribution in [1.29, 1.82) is 0 Å². The second-order valence-corrected chi connectivity index (χ2v) is 3.51. The van der Waals surface area contributed by atoms with E-state index in [4.69, 9.17) is 5.11 Å². The summed E-state index contributed by atoms with van der Waals surface area (Å²) in [7, 11) is 0. The van der Waals surface area contributed by atoms with Crippen LogP contribution in [0.1, 0.15) is 33.1 Å². The average molecular weight is 202 g/mol. The van der Waals surface area contributed by atoms with Crippen molar-refractivity contribution in [3.8, 4) is 0 Å². The maximum Gasteiger partial charge on any atom is 0.220 e. The molecule has 0 aliphatic carbocycles. The van der Waals surface area contributed by atoms with Crippen molar-refractivity contribution in [3.05, 3.63) is 0 Å². The van der Waals surface area contributed by atoms with Crippen molar-refractivity contribution in [1.82, 2.24) is 10.6 Å². The number of amides is 1. The predicted octanol–water partition coefficient (Wildman–Crippen LogP) is 0.263. The number of rotatable bonds is 8. The molecule has 14 heavy (non-hydrogen) atoms. The van der Waals surface area contributed by atoms with Gasteiger partial charge >= 0.3 is 0 Å². The van der Waals surface area contributed by atoms with Gasteiger partial charge in [-0.05, 0) is 13.3 Å². The van der Waals surface area contributed by atoms with Crippen LogP contribution in [0, 0.1) is 0 Å². The van der Waals surface area contributed by atoms with E-state index in [0.717, 1.165) is 12.8 Å². The van der Waals surface area contributed by atoms with Crippen LogP contribution in [-0.2, 0) is 4.79 Å². The van der Waals surface area contributed by atoms with Gasteiger partial charge in [0.15, 0.2) is 0 Å². The van der Waals surface area contributed by atoms with Gasteiger partial charge in [0.05, 0.1) is 6.10 Å². The van der Waals surface area contributed by atoms with Crippen molar-refractivity contribution in [2.45, 2.75) is 39.2 Å². The van der Waals surface area contributed by atoms with E-state index in [1.807, 2.05) is 0 Å². The van der Waals surface area contributed by atoms with Crippen molar-refractivity contribution in [3.63, 3.8) is 0 Å². The van der Waals surface area contributed by atoms with Crippen LogP contribution in [0.2, 0.25) is 0 Å². The Balaban J connectivity index is 3.15. The largest absolute Gasteiger partial charge is 0.392 e. The van der Waals surface area contributed by atoms with Crippen molar-refractivity contribution >= 4 is 5.91 Å². The highest BCUT2D eigenvalue weighted by Gasteiger charge is 1.98. The molecule has 0 radical (unpaired) electrons. The number of carbonyl (C=O) groups excluding carboxylic acids is 1. The molecule has 0 bridgehead atoms. The van der Waals surface area contributed by atoms with Gasteiger partial charge in [-0.15, -0.1) is 0 Å². The van der Waals surface area contributed by atoms with Crippen LogP contribution < -0.4 is 10.6 Å². The van der Waals surface area contributed by atoms with Gasteiger partial charge in [-0.1, -0.05) is 13.3 Å². The lowest BCUT2D eigenvalue weighted by atomic mass is 10.2. The molecule has 0 fully saturated rings. The minimum absolute atomic E-state index is 0.116. The first kappa shape index (κ1) is 13.4. The third-order valence-electron chi connectivity index (χ3n) is 1.82. The summed E-state index contributed by atoms with van der Waals surface area (Å²) in [5.74, 6) is 0.116. The molecule has 0 saturated heterocycles. The fraction of sp³-hybridized carbons (Fsp3) is 0.900. The van der Waals surface area contributed by atoms with Crippen LogP contribution in [0.5, 0.6) is 0 Å². The highest BCUT2D eigenvalue weighted by Crippen LogP contribution is 1.92. The molecule has 0 rings (SSSR count). The Morgan fingerprint density at radius 2 is 2.14 bits per heavy atom. The SMILES string of the molecule is CCCCC(=O)NCCNCC(C)O. The maximum absolute atomic E-state index is 11.1. The van der Waals surface area contributed by atoms with E-state index in [9.17, 15) is 4.79 Å². The van der Waals surface area contributed by atoms with Gasteiger partial charge < -0.3 is 15.7 Å². The summed E-state index contributed by atoms with van der Waals surface area (Å²) >= 11 is 0. The van der Waals surface area contributed by atoms with Gasteiger partial charge in [0.1, 0.15) is 0 Å². The number of carbonyl (C=O) groups is 1. The van der Waals surface area contributed by atoms with Crippen molar-refractivity contribution in [2.75, 3.05) is 19.6 Å². The van der Waals surface area contributed by atoms with Gasteiger partial charge in [-0.2, -0.15) is 0 Å². The van der Waals surface area contributed by atoms with Gasteiger partial charge in [0, 0.05) is 26.1 Å². The molecule has 0 aromatic carbocycles. The second kappa shape index (κ2) is 8.97. The Bertz CT molecular complexity index is 149. The van der Waals surface area contributed by atoms with Gasteiger partial charge in [-0.25, -0.2) is 0 Å². The first-order valence-corrected chi connectivity index (χ1v) is 5.32. The lowest BCUT2D eigenvalue weighted by Crippen LogP contribution is -2.34. The Morgan fingerprint density at radius 1 is 1.43 bits per heavy atom. The molecule has 4 heteroatoms. The maximum atomic E-state index is 11.1. The van der Waals surface area contributed by atoms with E-state index in [-0.39, 0.29) is 12.0 Å². The number of nitrogens with one attached hydrogen (secondary N) is 2. The molecule has 1 amide bonds. The number of aliphatic hydroxyl groups is 1. The number of unbranched alkanes of at least 4 members (excludes halogenated alkanes) is 1. The summed E-state index contributed by atoms with van der Waals surface area (Å²) in [4.78, 5) is 11.1. The molecule has 1 unspecified atom stereocenters. The van der Waals surface area contributed by atoms with Gasteiger partial charge in [0.25, 0.3) is 0 Å². The molecule has 0 aromatic rings. The summed E-state index contributed by atoms with van der Waals surface area (Å²) < 4.78 is 0. The molecule has 0 aliphatic rings. The molecule has 1 atom stereocenters. The zero-order chi connectivity index (χ0) is 10.8.